The molecule has 14 N–H and O–H groups in total. The summed E-state index contributed by atoms with van der Waals surface area (Å²) in [6.45, 7) is -0.382. The van der Waals surface area contributed by atoms with Gasteiger partial charge in [-0.15, -0.1) is 0 Å². The second-order valence-electron chi connectivity index (χ2n) is 6.57. The normalized spacial score (nSPS) is 13.0. The van der Waals surface area contributed by atoms with E-state index in [1.807, 2.05) is 0 Å². The number of hydrogen-bond donors (Lipinski definition) is 9. The third-order valence-corrected chi connectivity index (χ3v) is 3.84. The van der Waals surface area contributed by atoms with Crippen LogP contribution in [0.2, 0.25) is 0 Å². The Morgan fingerprint density at radius 3 is 1.66 bits per heavy atom. The van der Waals surface area contributed by atoms with E-state index in [4.69, 9.17) is 28.7 Å². The molecule has 3 unspecified atom stereocenters. The average Bonchev–Trinajstić information content (AvgIpc) is 2.67. The van der Waals surface area contributed by atoms with Gasteiger partial charge in [-0.05, 0) is 12.8 Å². The lowest BCUT2D eigenvalue weighted by Crippen LogP contribution is -2.57. The first-order valence-corrected chi connectivity index (χ1v) is 9.32. The number of nitrogens with two attached hydrogens (primary N) is 5. The van der Waals surface area contributed by atoms with E-state index in [2.05, 4.69) is 20.9 Å². The van der Waals surface area contributed by atoms with Crippen LogP contribution < -0.4 is 44.6 Å². The number of primary amides is 2. The van der Waals surface area contributed by atoms with E-state index in [0.29, 0.717) is 0 Å². The van der Waals surface area contributed by atoms with Gasteiger partial charge in [-0.3, -0.25) is 29.0 Å². The minimum atomic E-state index is -1.59. The molecule has 3 atom stereocenters. The first-order chi connectivity index (χ1) is 14.9. The van der Waals surface area contributed by atoms with Crippen LogP contribution in [0.1, 0.15) is 25.7 Å². The first-order valence-electron chi connectivity index (χ1n) is 9.32. The average molecular weight is 459 g/mol. The van der Waals surface area contributed by atoms with E-state index >= 15 is 0 Å². The van der Waals surface area contributed by atoms with Crippen LogP contribution in [0.5, 0.6) is 0 Å². The molecule has 0 aromatic rings. The summed E-state index contributed by atoms with van der Waals surface area (Å²) in [6, 6.07) is -4.46. The number of aliphatic imine (C=N–C) groups is 1. The van der Waals surface area contributed by atoms with E-state index in [1.54, 1.807) is 0 Å². The van der Waals surface area contributed by atoms with Crippen molar-refractivity contribution in [1.29, 1.82) is 0 Å². The van der Waals surface area contributed by atoms with Crippen LogP contribution in [0, 0.1) is 0 Å². The second kappa shape index (κ2) is 14.1. The van der Waals surface area contributed by atoms with Crippen LogP contribution in [-0.4, -0.2) is 77.8 Å². The molecule has 0 saturated heterocycles. The first kappa shape index (κ1) is 28.1. The summed E-state index contributed by atoms with van der Waals surface area (Å²) in [5.74, 6) is -6.34. The van der Waals surface area contributed by atoms with Gasteiger partial charge in [0.05, 0.1) is 19.4 Å². The van der Waals surface area contributed by atoms with Gasteiger partial charge in [-0.2, -0.15) is 0 Å². The predicted octanol–water partition coefficient (Wildman–Crippen LogP) is -5.71. The molecule has 180 valence electrons. The summed E-state index contributed by atoms with van der Waals surface area (Å²) in [5, 5.41) is 15.8. The van der Waals surface area contributed by atoms with Crippen LogP contribution in [0.25, 0.3) is 0 Å². The lowest BCUT2D eigenvalue weighted by Gasteiger charge is -2.23. The van der Waals surface area contributed by atoms with E-state index in [9.17, 15) is 33.9 Å². The number of nitrogens with one attached hydrogen (secondary N) is 3. The number of aliphatic carboxylic acids is 1. The molecule has 0 fully saturated rings. The van der Waals surface area contributed by atoms with E-state index in [-0.39, 0.29) is 25.3 Å². The minimum absolute atomic E-state index is 0.0635. The lowest BCUT2D eigenvalue weighted by molar-refractivity contribution is -0.142. The molecule has 0 aliphatic carbocycles. The molecule has 0 saturated carbocycles. The fraction of sp³-hybridized carbons (Fsp3) is 0.562. The van der Waals surface area contributed by atoms with Gasteiger partial charge in [-0.1, -0.05) is 0 Å². The van der Waals surface area contributed by atoms with Crippen molar-refractivity contribution in [3.63, 3.8) is 0 Å². The summed E-state index contributed by atoms with van der Waals surface area (Å²) in [6.07, 6.45) is -1.17. The number of rotatable bonds is 15. The van der Waals surface area contributed by atoms with Gasteiger partial charge in [-0.25, -0.2) is 4.79 Å². The summed E-state index contributed by atoms with van der Waals surface area (Å²) in [7, 11) is 0. The molecule has 0 heterocycles. The maximum absolute atomic E-state index is 12.5. The SMILES string of the molecule is NCC(=O)NC(CC(N)=O)C(=O)NC(CC(N)=O)C(=O)NC(CCCN=C(N)N)C(=O)O. The minimum Gasteiger partial charge on any atom is -0.480 e. The molecular formula is C16H29N9O7. The Morgan fingerprint density at radius 1 is 0.781 bits per heavy atom. The van der Waals surface area contributed by atoms with Crippen molar-refractivity contribution >= 4 is 41.5 Å². The van der Waals surface area contributed by atoms with Crippen molar-refractivity contribution in [2.24, 2.45) is 33.7 Å². The molecule has 0 aromatic heterocycles. The van der Waals surface area contributed by atoms with Crippen molar-refractivity contribution in [3.8, 4) is 0 Å². The smallest absolute Gasteiger partial charge is 0.326 e. The van der Waals surface area contributed by atoms with Crippen LogP contribution in [0.15, 0.2) is 4.99 Å². The van der Waals surface area contributed by atoms with Gasteiger partial charge < -0.3 is 49.7 Å². The van der Waals surface area contributed by atoms with Gasteiger partial charge in [0, 0.05) is 6.54 Å². The lowest BCUT2D eigenvalue weighted by atomic mass is 10.1. The monoisotopic (exact) mass is 459 g/mol. The van der Waals surface area contributed by atoms with E-state index < -0.39 is 73.0 Å². The maximum Gasteiger partial charge on any atom is 0.326 e. The maximum atomic E-state index is 12.5. The van der Waals surface area contributed by atoms with Gasteiger partial charge in [0.2, 0.25) is 29.5 Å². The van der Waals surface area contributed by atoms with Gasteiger partial charge in [0.1, 0.15) is 18.1 Å². The predicted molar refractivity (Wildman–Crippen MR) is 110 cm³/mol. The molecule has 0 aliphatic rings. The third kappa shape index (κ3) is 11.9. The molecule has 0 aromatic carbocycles. The summed E-state index contributed by atoms with van der Waals surface area (Å²) >= 11 is 0. The molecule has 0 radical (unpaired) electrons. The van der Waals surface area contributed by atoms with Gasteiger partial charge in [0.25, 0.3) is 0 Å². The molecule has 0 spiro atoms. The highest BCUT2D eigenvalue weighted by Crippen LogP contribution is 2.02. The number of nitrogens with zero attached hydrogens (tertiary/aromatic N) is 1. The Labute approximate surface area is 182 Å². The highest BCUT2D eigenvalue weighted by molar-refractivity contribution is 5.97. The molecule has 0 aliphatic heterocycles. The summed E-state index contributed by atoms with van der Waals surface area (Å²) in [5.41, 5.74) is 25.6. The molecule has 16 nitrogen and oxygen atoms in total. The number of guanidine groups is 1. The zero-order valence-corrected chi connectivity index (χ0v) is 17.2. The number of carboxylic acid groups (broad SMARTS) is 1. The van der Waals surface area contributed by atoms with Crippen molar-refractivity contribution in [1.82, 2.24) is 16.0 Å². The molecule has 5 amide bonds. The molecule has 0 rings (SSSR count). The third-order valence-electron chi connectivity index (χ3n) is 3.84. The molecular weight excluding hydrogens is 430 g/mol. The van der Waals surface area contributed by atoms with Crippen molar-refractivity contribution < 1.29 is 33.9 Å². The Balaban J connectivity index is 5.35. The number of amides is 5. The Morgan fingerprint density at radius 2 is 1.25 bits per heavy atom. The fourth-order valence-corrected chi connectivity index (χ4v) is 2.38. The van der Waals surface area contributed by atoms with Crippen LogP contribution in [-0.2, 0) is 28.8 Å². The highest BCUT2D eigenvalue weighted by atomic mass is 16.4. The Hall–Kier alpha value is -3.95. The zero-order chi connectivity index (χ0) is 24.8. The standard InChI is InChI=1S/C16H29N9O7/c17-6-12(28)23-8(4-10(18)26)13(29)25-9(5-11(19)27)14(30)24-7(15(31)32)2-1-3-22-16(20)21/h7-9H,1-6,17H2,(H2,18,26)(H2,19,27)(H,23,28)(H,24,30)(H,25,29)(H,31,32)(H4,20,21,22). The van der Waals surface area contributed by atoms with Crippen LogP contribution in [0.3, 0.4) is 0 Å². The second-order valence-corrected chi connectivity index (χ2v) is 6.57. The number of carbonyl (C=O) groups excluding carboxylic acids is 5. The number of carboxylic acids is 1. The van der Waals surface area contributed by atoms with Crippen molar-refractivity contribution in [2.75, 3.05) is 13.1 Å². The number of carbonyl (C=O) groups is 6. The largest absolute Gasteiger partial charge is 0.480 e. The van der Waals surface area contributed by atoms with Crippen molar-refractivity contribution in [3.05, 3.63) is 0 Å². The van der Waals surface area contributed by atoms with Gasteiger partial charge in [0.15, 0.2) is 5.96 Å². The quantitative estimate of drug-likeness (QED) is 0.0634. The Kier molecular flexibility index (Phi) is 12.4. The zero-order valence-electron chi connectivity index (χ0n) is 17.2. The summed E-state index contributed by atoms with van der Waals surface area (Å²) < 4.78 is 0. The van der Waals surface area contributed by atoms with Gasteiger partial charge >= 0.3 is 5.97 Å². The molecule has 16 heteroatoms. The van der Waals surface area contributed by atoms with Crippen molar-refractivity contribution in [2.45, 2.75) is 43.8 Å². The van der Waals surface area contributed by atoms with Crippen LogP contribution >= 0.6 is 0 Å². The van der Waals surface area contributed by atoms with E-state index in [0.717, 1.165) is 0 Å². The highest BCUT2D eigenvalue weighted by Gasteiger charge is 2.31. The fourth-order valence-electron chi connectivity index (χ4n) is 2.38. The molecule has 0 bridgehead atoms. The van der Waals surface area contributed by atoms with Crippen LogP contribution in [0.4, 0.5) is 0 Å². The Bertz CT molecular complexity index is 752. The number of hydrogen-bond acceptors (Lipinski definition) is 8. The topological polar surface area (TPSA) is 301 Å². The summed E-state index contributed by atoms with van der Waals surface area (Å²) in [4.78, 5) is 74.1. The molecule has 32 heavy (non-hydrogen) atoms. The van der Waals surface area contributed by atoms with E-state index in [1.165, 1.54) is 0 Å².